The molecule has 2 N–H and O–H groups in total. The highest BCUT2D eigenvalue weighted by atomic mass is 32.2. The standard InChI is InChI=1S/C18H22N2O6S/c1-19-27(22,23)17-10-13(6-8-15(17)25-3)18(21)20-11-12-5-7-14(24-2)16(9-12)26-4/h5-10,19H,11H2,1-4H3,(H,20,21). The van der Waals surface area contributed by atoms with Gasteiger partial charge in [0.05, 0.1) is 21.3 Å². The minimum Gasteiger partial charge on any atom is -0.495 e. The van der Waals surface area contributed by atoms with Crippen LogP contribution in [0.3, 0.4) is 0 Å². The molecule has 2 aromatic carbocycles. The Hall–Kier alpha value is -2.78. The molecule has 2 rings (SSSR count). The predicted molar refractivity (Wildman–Crippen MR) is 100.0 cm³/mol. The van der Waals surface area contributed by atoms with Gasteiger partial charge < -0.3 is 19.5 Å². The largest absolute Gasteiger partial charge is 0.495 e. The predicted octanol–water partition coefficient (Wildman–Crippen LogP) is 1.55. The van der Waals surface area contributed by atoms with Gasteiger partial charge in [0.1, 0.15) is 10.6 Å². The third kappa shape index (κ3) is 4.69. The van der Waals surface area contributed by atoms with Crippen LogP contribution in [0.5, 0.6) is 17.2 Å². The van der Waals surface area contributed by atoms with Crippen LogP contribution in [0.1, 0.15) is 15.9 Å². The first-order valence-corrected chi connectivity index (χ1v) is 9.45. The second-order valence-electron chi connectivity index (χ2n) is 5.45. The van der Waals surface area contributed by atoms with Gasteiger partial charge in [0.25, 0.3) is 5.91 Å². The fraction of sp³-hybridized carbons (Fsp3) is 0.278. The van der Waals surface area contributed by atoms with Crippen molar-refractivity contribution in [2.24, 2.45) is 0 Å². The van der Waals surface area contributed by atoms with Crippen LogP contribution in [-0.4, -0.2) is 42.7 Å². The molecule has 9 heteroatoms. The molecule has 0 aliphatic carbocycles. The van der Waals surface area contributed by atoms with Crippen LogP contribution < -0.4 is 24.2 Å². The number of hydrogen-bond donors (Lipinski definition) is 2. The summed E-state index contributed by atoms with van der Waals surface area (Å²) in [6.45, 7) is 0.235. The highest BCUT2D eigenvalue weighted by Crippen LogP contribution is 2.28. The maximum atomic E-state index is 12.4. The van der Waals surface area contributed by atoms with Crippen molar-refractivity contribution in [3.63, 3.8) is 0 Å². The normalized spacial score (nSPS) is 11.0. The van der Waals surface area contributed by atoms with Gasteiger partial charge in [-0.2, -0.15) is 0 Å². The van der Waals surface area contributed by atoms with Crippen molar-refractivity contribution in [3.05, 3.63) is 47.5 Å². The molecule has 27 heavy (non-hydrogen) atoms. The quantitative estimate of drug-likeness (QED) is 0.704. The molecule has 8 nitrogen and oxygen atoms in total. The van der Waals surface area contributed by atoms with E-state index in [-0.39, 0.29) is 22.8 Å². The van der Waals surface area contributed by atoms with E-state index in [1.54, 1.807) is 25.3 Å². The van der Waals surface area contributed by atoms with Gasteiger partial charge in [-0.15, -0.1) is 0 Å². The zero-order valence-electron chi connectivity index (χ0n) is 15.5. The summed E-state index contributed by atoms with van der Waals surface area (Å²) in [5.41, 5.74) is 1.00. The van der Waals surface area contributed by atoms with Gasteiger partial charge in [0, 0.05) is 12.1 Å². The molecule has 0 unspecified atom stereocenters. The number of benzene rings is 2. The summed E-state index contributed by atoms with van der Waals surface area (Å²) in [4.78, 5) is 12.3. The van der Waals surface area contributed by atoms with E-state index < -0.39 is 15.9 Å². The maximum absolute atomic E-state index is 12.4. The lowest BCUT2D eigenvalue weighted by molar-refractivity contribution is 0.0950. The van der Waals surface area contributed by atoms with Gasteiger partial charge in [-0.25, -0.2) is 13.1 Å². The van der Waals surface area contributed by atoms with E-state index in [0.717, 1.165) is 5.56 Å². The van der Waals surface area contributed by atoms with E-state index in [0.29, 0.717) is 11.5 Å². The molecule has 0 saturated heterocycles. The monoisotopic (exact) mass is 394 g/mol. The molecular formula is C18H22N2O6S. The summed E-state index contributed by atoms with van der Waals surface area (Å²) >= 11 is 0. The maximum Gasteiger partial charge on any atom is 0.251 e. The topological polar surface area (TPSA) is 103 Å². The Morgan fingerprint density at radius 2 is 1.56 bits per heavy atom. The van der Waals surface area contributed by atoms with Crippen molar-refractivity contribution in [2.45, 2.75) is 11.4 Å². The first-order valence-electron chi connectivity index (χ1n) is 7.97. The number of methoxy groups -OCH3 is 3. The van der Waals surface area contributed by atoms with Crippen molar-refractivity contribution in [1.29, 1.82) is 0 Å². The molecule has 0 aliphatic rings. The fourth-order valence-corrected chi connectivity index (χ4v) is 3.33. The summed E-state index contributed by atoms with van der Waals surface area (Å²) in [6.07, 6.45) is 0. The molecule has 1 amide bonds. The lowest BCUT2D eigenvalue weighted by Gasteiger charge is -2.12. The Kier molecular flexibility index (Phi) is 6.65. The second kappa shape index (κ2) is 8.74. The van der Waals surface area contributed by atoms with E-state index in [1.165, 1.54) is 39.5 Å². The minimum absolute atomic E-state index is 0.105. The Morgan fingerprint density at radius 1 is 0.926 bits per heavy atom. The number of amides is 1. The molecule has 0 aromatic heterocycles. The zero-order chi connectivity index (χ0) is 20.0. The van der Waals surface area contributed by atoms with Crippen LogP contribution >= 0.6 is 0 Å². The average molecular weight is 394 g/mol. The average Bonchev–Trinajstić information content (AvgIpc) is 2.71. The first-order chi connectivity index (χ1) is 12.9. The third-order valence-electron chi connectivity index (χ3n) is 3.89. The van der Waals surface area contributed by atoms with E-state index >= 15 is 0 Å². The molecule has 0 aliphatic heterocycles. The Balaban J connectivity index is 2.20. The molecule has 0 radical (unpaired) electrons. The second-order valence-corrected chi connectivity index (χ2v) is 7.30. The molecule has 0 saturated carbocycles. The summed E-state index contributed by atoms with van der Waals surface area (Å²) in [5, 5.41) is 2.75. The van der Waals surface area contributed by atoms with Gasteiger partial charge in [-0.3, -0.25) is 4.79 Å². The number of ether oxygens (including phenoxy) is 3. The molecule has 0 heterocycles. The van der Waals surface area contributed by atoms with Crippen LogP contribution in [0.4, 0.5) is 0 Å². The lowest BCUT2D eigenvalue weighted by atomic mass is 10.1. The first kappa shape index (κ1) is 20.5. The van der Waals surface area contributed by atoms with Crippen molar-refractivity contribution >= 4 is 15.9 Å². The van der Waals surface area contributed by atoms with Gasteiger partial charge in [0.2, 0.25) is 10.0 Å². The molecule has 2 aromatic rings. The number of rotatable bonds is 8. The highest BCUT2D eigenvalue weighted by molar-refractivity contribution is 7.89. The molecule has 0 atom stereocenters. The molecular weight excluding hydrogens is 372 g/mol. The molecule has 146 valence electrons. The van der Waals surface area contributed by atoms with Crippen LogP contribution in [0, 0.1) is 0 Å². The van der Waals surface area contributed by atoms with E-state index in [9.17, 15) is 13.2 Å². The van der Waals surface area contributed by atoms with Crippen molar-refractivity contribution in [1.82, 2.24) is 10.0 Å². The Bertz CT molecular complexity index is 927. The van der Waals surface area contributed by atoms with Crippen molar-refractivity contribution in [3.8, 4) is 17.2 Å². The van der Waals surface area contributed by atoms with Gasteiger partial charge in [0.15, 0.2) is 11.5 Å². The van der Waals surface area contributed by atoms with Crippen LogP contribution in [0.25, 0.3) is 0 Å². The smallest absolute Gasteiger partial charge is 0.251 e. The van der Waals surface area contributed by atoms with Crippen LogP contribution in [-0.2, 0) is 16.6 Å². The SMILES string of the molecule is CNS(=O)(=O)c1cc(C(=O)NCc2ccc(OC)c(OC)c2)ccc1OC. The van der Waals surface area contributed by atoms with E-state index in [1.807, 2.05) is 0 Å². The minimum atomic E-state index is -3.77. The van der Waals surface area contributed by atoms with Gasteiger partial charge in [-0.1, -0.05) is 6.07 Å². The van der Waals surface area contributed by atoms with Crippen LogP contribution in [0.2, 0.25) is 0 Å². The van der Waals surface area contributed by atoms with Crippen molar-refractivity contribution < 1.29 is 27.4 Å². The highest BCUT2D eigenvalue weighted by Gasteiger charge is 2.20. The molecule has 0 bridgehead atoms. The molecule has 0 fully saturated rings. The number of sulfonamides is 1. The van der Waals surface area contributed by atoms with Crippen molar-refractivity contribution in [2.75, 3.05) is 28.4 Å². The number of nitrogens with one attached hydrogen (secondary N) is 2. The fourth-order valence-electron chi connectivity index (χ4n) is 2.41. The van der Waals surface area contributed by atoms with Gasteiger partial charge >= 0.3 is 0 Å². The summed E-state index contributed by atoms with van der Waals surface area (Å²) in [7, 11) is 1.96. The Morgan fingerprint density at radius 3 is 2.15 bits per heavy atom. The van der Waals surface area contributed by atoms with E-state index in [4.69, 9.17) is 14.2 Å². The summed E-state index contributed by atoms with van der Waals surface area (Å²) in [5.74, 6) is 0.876. The third-order valence-corrected chi connectivity index (χ3v) is 5.32. The number of carbonyl (C=O) groups is 1. The molecule has 0 spiro atoms. The summed E-state index contributed by atoms with van der Waals surface area (Å²) < 4.78 is 41.9. The summed E-state index contributed by atoms with van der Waals surface area (Å²) in [6, 6.07) is 9.50. The van der Waals surface area contributed by atoms with Crippen LogP contribution in [0.15, 0.2) is 41.3 Å². The van der Waals surface area contributed by atoms with E-state index in [2.05, 4.69) is 10.0 Å². The number of carbonyl (C=O) groups excluding carboxylic acids is 1. The lowest BCUT2D eigenvalue weighted by Crippen LogP contribution is -2.24. The van der Waals surface area contributed by atoms with Gasteiger partial charge in [-0.05, 0) is 42.9 Å². The Labute approximate surface area is 158 Å². The number of hydrogen-bond acceptors (Lipinski definition) is 6. The zero-order valence-corrected chi connectivity index (χ0v) is 16.3.